The number of aliphatic hydroxyl groups is 1. The number of amides is 1. The predicted octanol–water partition coefficient (Wildman–Crippen LogP) is 2.78. The molecule has 1 amide bonds. The van der Waals surface area contributed by atoms with E-state index in [9.17, 15) is 4.79 Å². The van der Waals surface area contributed by atoms with Crippen molar-refractivity contribution < 1.29 is 14.6 Å². The molecule has 0 aliphatic heterocycles. The zero-order valence-electron chi connectivity index (χ0n) is 13.2. The number of rotatable bonds is 10. The highest BCUT2D eigenvalue weighted by atomic mass is 16.5. The Balaban J connectivity index is 2.10. The zero-order valence-corrected chi connectivity index (χ0v) is 13.2. The summed E-state index contributed by atoms with van der Waals surface area (Å²) >= 11 is 0. The second-order valence-corrected chi connectivity index (χ2v) is 5.36. The van der Waals surface area contributed by atoms with E-state index in [1.165, 1.54) is 5.56 Å². The summed E-state index contributed by atoms with van der Waals surface area (Å²) in [6.07, 6.45) is 3.97. The van der Waals surface area contributed by atoms with Gasteiger partial charge >= 0.3 is 0 Å². The summed E-state index contributed by atoms with van der Waals surface area (Å²) in [4.78, 5) is 13.7. The van der Waals surface area contributed by atoms with Gasteiger partial charge < -0.3 is 14.7 Å². The average molecular weight is 293 g/mol. The Hall–Kier alpha value is -1.55. The molecule has 0 atom stereocenters. The molecule has 1 rings (SSSR count). The Kier molecular flexibility index (Phi) is 8.51. The molecule has 0 saturated heterocycles. The van der Waals surface area contributed by atoms with E-state index in [4.69, 9.17) is 9.84 Å². The average Bonchev–Trinajstić information content (AvgIpc) is 2.49. The lowest BCUT2D eigenvalue weighted by Gasteiger charge is -2.17. The second-order valence-electron chi connectivity index (χ2n) is 5.36. The van der Waals surface area contributed by atoms with Crippen LogP contribution in [-0.2, 0) is 4.79 Å². The van der Waals surface area contributed by atoms with Crippen molar-refractivity contribution in [3.63, 3.8) is 0 Å². The van der Waals surface area contributed by atoms with Crippen molar-refractivity contribution in [3.8, 4) is 5.75 Å². The highest BCUT2D eigenvalue weighted by Crippen LogP contribution is 2.12. The number of nitrogens with zero attached hydrogens (tertiary/aromatic N) is 1. The third kappa shape index (κ3) is 7.71. The predicted molar refractivity (Wildman–Crippen MR) is 84.5 cm³/mol. The van der Waals surface area contributed by atoms with E-state index in [1.54, 1.807) is 4.90 Å². The first-order chi connectivity index (χ1) is 10.1. The molecule has 1 aromatic rings. The van der Waals surface area contributed by atoms with Crippen molar-refractivity contribution in [2.24, 2.45) is 0 Å². The molecule has 4 heteroatoms. The van der Waals surface area contributed by atoms with Gasteiger partial charge in [-0.1, -0.05) is 17.7 Å². The van der Waals surface area contributed by atoms with Gasteiger partial charge in [0.2, 0.25) is 5.91 Å². The first kappa shape index (κ1) is 17.5. The van der Waals surface area contributed by atoms with Crippen molar-refractivity contribution in [2.75, 3.05) is 26.8 Å². The summed E-state index contributed by atoms with van der Waals surface area (Å²) in [6, 6.07) is 7.93. The standard InChI is InChI=1S/C17H27NO3/c1-15-8-10-16(11-9-15)21-14-6-7-17(20)18(2)12-4-3-5-13-19/h8-11,19H,3-7,12-14H2,1-2H3. The number of unbranched alkanes of at least 4 members (excludes halogenated alkanes) is 2. The fourth-order valence-corrected chi connectivity index (χ4v) is 2.00. The van der Waals surface area contributed by atoms with Gasteiger partial charge in [-0.15, -0.1) is 0 Å². The quantitative estimate of drug-likeness (QED) is 0.675. The van der Waals surface area contributed by atoms with Crippen LogP contribution in [0.4, 0.5) is 0 Å². The Morgan fingerprint density at radius 3 is 2.52 bits per heavy atom. The summed E-state index contributed by atoms with van der Waals surface area (Å²) in [6.45, 7) is 3.59. The molecule has 4 nitrogen and oxygen atoms in total. The normalized spacial score (nSPS) is 10.4. The molecule has 0 heterocycles. The Labute approximate surface area is 127 Å². The smallest absolute Gasteiger partial charge is 0.222 e. The van der Waals surface area contributed by atoms with Crippen LogP contribution in [0, 0.1) is 6.92 Å². The number of aryl methyl sites for hydroxylation is 1. The molecule has 0 spiro atoms. The van der Waals surface area contributed by atoms with E-state index in [2.05, 4.69) is 0 Å². The first-order valence-electron chi connectivity index (χ1n) is 7.68. The number of benzene rings is 1. The number of hydrogen-bond acceptors (Lipinski definition) is 3. The fraction of sp³-hybridized carbons (Fsp3) is 0.588. The van der Waals surface area contributed by atoms with Crippen LogP contribution in [-0.4, -0.2) is 42.7 Å². The first-order valence-corrected chi connectivity index (χ1v) is 7.68. The van der Waals surface area contributed by atoms with Gasteiger partial charge in [0.05, 0.1) is 6.61 Å². The Morgan fingerprint density at radius 2 is 1.86 bits per heavy atom. The van der Waals surface area contributed by atoms with Crippen LogP contribution >= 0.6 is 0 Å². The summed E-state index contributed by atoms with van der Waals surface area (Å²) in [7, 11) is 1.84. The van der Waals surface area contributed by atoms with Crippen molar-refractivity contribution in [2.45, 2.75) is 39.0 Å². The minimum atomic E-state index is 0.159. The molecule has 1 N–H and O–H groups in total. The van der Waals surface area contributed by atoms with Crippen LogP contribution in [0.25, 0.3) is 0 Å². The maximum Gasteiger partial charge on any atom is 0.222 e. The number of aliphatic hydroxyl groups excluding tert-OH is 1. The molecular weight excluding hydrogens is 266 g/mol. The lowest BCUT2D eigenvalue weighted by atomic mass is 10.2. The van der Waals surface area contributed by atoms with Crippen LogP contribution in [0.15, 0.2) is 24.3 Å². The third-order valence-corrected chi connectivity index (χ3v) is 3.40. The van der Waals surface area contributed by atoms with E-state index in [0.29, 0.717) is 13.0 Å². The molecule has 1 aromatic carbocycles. The van der Waals surface area contributed by atoms with Crippen molar-refractivity contribution in [1.29, 1.82) is 0 Å². The lowest BCUT2D eigenvalue weighted by molar-refractivity contribution is -0.130. The van der Waals surface area contributed by atoms with Crippen molar-refractivity contribution in [1.82, 2.24) is 4.90 Å². The van der Waals surface area contributed by atoms with Crippen LogP contribution in [0.3, 0.4) is 0 Å². The molecular formula is C17H27NO3. The number of ether oxygens (including phenoxy) is 1. The number of carbonyl (C=O) groups is 1. The van der Waals surface area contributed by atoms with Crippen molar-refractivity contribution >= 4 is 5.91 Å². The van der Waals surface area contributed by atoms with E-state index in [1.807, 2.05) is 38.2 Å². The van der Waals surface area contributed by atoms with Crippen LogP contribution in [0.5, 0.6) is 5.75 Å². The minimum Gasteiger partial charge on any atom is -0.494 e. The fourth-order valence-electron chi connectivity index (χ4n) is 2.00. The van der Waals surface area contributed by atoms with Crippen LogP contribution in [0.2, 0.25) is 0 Å². The van der Waals surface area contributed by atoms with E-state index in [-0.39, 0.29) is 12.5 Å². The van der Waals surface area contributed by atoms with Crippen LogP contribution in [0.1, 0.15) is 37.7 Å². The third-order valence-electron chi connectivity index (χ3n) is 3.40. The monoisotopic (exact) mass is 293 g/mol. The van der Waals surface area contributed by atoms with Gasteiger partial charge in [-0.2, -0.15) is 0 Å². The molecule has 21 heavy (non-hydrogen) atoms. The molecule has 0 aromatic heterocycles. The molecule has 0 fully saturated rings. The molecule has 0 unspecified atom stereocenters. The van der Waals surface area contributed by atoms with E-state index >= 15 is 0 Å². The van der Waals surface area contributed by atoms with Gasteiger partial charge in [0.15, 0.2) is 0 Å². The van der Waals surface area contributed by atoms with Gasteiger partial charge in [-0.25, -0.2) is 0 Å². The van der Waals surface area contributed by atoms with E-state index in [0.717, 1.165) is 38.0 Å². The SMILES string of the molecule is Cc1ccc(OCCCC(=O)N(C)CCCCCO)cc1. The zero-order chi connectivity index (χ0) is 15.5. The lowest BCUT2D eigenvalue weighted by Crippen LogP contribution is -2.27. The highest BCUT2D eigenvalue weighted by molar-refractivity contribution is 5.75. The summed E-state index contributed by atoms with van der Waals surface area (Å²) < 4.78 is 5.61. The highest BCUT2D eigenvalue weighted by Gasteiger charge is 2.07. The number of carbonyl (C=O) groups excluding carboxylic acids is 1. The summed E-state index contributed by atoms with van der Waals surface area (Å²) in [5.41, 5.74) is 1.21. The van der Waals surface area contributed by atoms with Crippen LogP contribution < -0.4 is 4.74 Å². The van der Waals surface area contributed by atoms with Gasteiger partial charge in [0.25, 0.3) is 0 Å². The number of hydrogen-bond donors (Lipinski definition) is 1. The Bertz CT molecular complexity index is 403. The van der Waals surface area contributed by atoms with Gasteiger partial charge in [0.1, 0.15) is 5.75 Å². The molecule has 0 saturated carbocycles. The molecule has 0 radical (unpaired) electrons. The van der Waals surface area contributed by atoms with Gasteiger partial charge in [-0.05, 0) is 44.7 Å². The maximum absolute atomic E-state index is 11.9. The Morgan fingerprint density at radius 1 is 1.14 bits per heavy atom. The summed E-state index contributed by atoms with van der Waals surface area (Å²) in [5, 5.41) is 8.70. The topological polar surface area (TPSA) is 49.8 Å². The molecule has 0 aliphatic carbocycles. The largest absolute Gasteiger partial charge is 0.494 e. The maximum atomic E-state index is 11.9. The molecule has 0 aliphatic rings. The molecule has 0 bridgehead atoms. The van der Waals surface area contributed by atoms with Gasteiger partial charge in [-0.3, -0.25) is 4.79 Å². The second kappa shape index (κ2) is 10.2. The minimum absolute atomic E-state index is 0.159. The van der Waals surface area contributed by atoms with E-state index < -0.39 is 0 Å². The van der Waals surface area contributed by atoms with Gasteiger partial charge in [0, 0.05) is 26.6 Å². The molecule has 118 valence electrons. The van der Waals surface area contributed by atoms with Crippen molar-refractivity contribution in [3.05, 3.63) is 29.8 Å². The summed E-state index contributed by atoms with van der Waals surface area (Å²) in [5.74, 6) is 1.01.